The van der Waals surface area contributed by atoms with Crippen molar-refractivity contribution >= 4 is 11.6 Å². The van der Waals surface area contributed by atoms with Crippen LogP contribution in [0.1, 0.15) is 42.5 Å². The predicted molar refractivity (Wildman–Crippen MR) is 80.5 cm³/mol. The van der Waals surface area contributed by atoms with Gasteiger partial charge < -0.3 is 0 Å². The number of rotatable bonds is 2. The summed E-state index contributed by atoms with van der Waals surface area (Å²) >= 11 is 0. The van der Waals surface area contributed by atoms with Gasteiger partial charge in [0.2, 0.25) is 0 Å². The molecule has 0 saturated heterocycles. The maximum absolute atomic E-state index is 12.1. The van der Waals surface area contributed by atoms with Crippen molar-refractivity contribution in [2.75, 3.05) is 0 Å². The van der Waals surface area contributed by atoms with Crippen molar-refractivity contribution in [1.29, 1.82) is 0 Å². The second kappa shape index (κ2) is 4.91. The fourth-order valence-corrected chi connectivity index (χ4v) is 2.36. The molecule has 1 aromatic carbocycles. The highest BCUT2D eigenvalue weighted by Crippen LogP contribution is 2.25. The number of nitrogens with zero attached hydrogens (tertiary/aromatic N) is 4. The van der Waals surface area contributed by atoms with Crippen LogP contribution in [-0.4, -0.2) is 26.6 Å². The molecule has 0 radical (unpaired) electrons. The second-order valence-electron chi connectivity index (χ2n) is 6.32. The summed E-state index contributed by atoms with van der Waals surface area (Å²) in [5.74, 6) is -0.277. The van der Waals surface area contributed by atoms with Gasteiger partial charge in [-0.2, -0.15) is 0 Å². The van der Waals surface area contributed by atoms with Crippen LogP contribution in [-0.2, 0) is 13.0 Å². The maximum Gasteiger partial charge on any atom is 0.299 e. The number of aromatic nitrogens is 3. The molecule has 0 saturated carbocycles. The van der Waals surface area contributed by atoms with Crippen molar-refractivity contribution in [3.63, 3.8) is 0 Å². The van der Waals surface area contributed by atoms with Gasteiger partial charge in [0.05, 0.1) is 12.2 Å². The topological polar surface area (TPSA) is 60.1 Å². The molecule has 2 aromatic rings. The van der Waals surface area contributed by atoms with E-state index in [1.165, 1.54) is 0 Å². The molecule has 0 spiro atoms. The summed E-state index contributed by atoms with van der Waals surface area (Å²) in [6.07, 6.45) is 0.629. The van der Waals surface area contributed by atoms with Gasteiger partial charge in [-0.3, -0.25) is 4.79 Å². The van der Waals surface area contributed by atoms with Crippen LogP contribution in [0.2, 0.25) is 0 Å². The summed E-state index contributed by atoms with van der Waals surface area (Å²) in [5.41, 5.74) is 3.15. The highest BCUT2D eigenvalue weighted by Gasteiger charge is 2.31. The molecule has 5 heteroatoms. The molecule has 1 amide bonds. The van der Waals surface area contributed by atoms with E-state index in [9.17, 15) is 4.79 Å². The van der Waals surface area contributed by atoms with Crippen molar-refractivity contribution in [2.45, 2.75) is 33.7 Å². The lowest BCUT2D eigenvalue weighted by atomic mass is 9.85. The zero-order chi connectivity index (χ0) is 15.0. The molecule has 1 aromatic heterocycles. The molecule has 0 fully saturated rings. The lowest BCUT2D eigenvalue weighted by Crippen LogP contribution is -2.29. The van der Waals surface area contributed by atoms with Crippen molar-refractivity contribution in [2.24, 2.45) is 10.4 Å². The Morgan fingerprint density at radius 3 is 2.57 bits per heavy atom. The number of benzene rings is 1. The zero-order valence-electron chi connectivity index (χ0n) is 12.5. The Bertz CT molecular complexity index is 708. The standard InChI is InChI=1S/C16H18N4O/c1-16(2,3)13-9-12-14(15(21)17-13)18-19-20(12)10-11-7-5-4-6-8-11/h4-8H,9-10H2,1-3H3. The van der Waals surface area contributed by atoms with Crippen molar-refractivity contribution in [3.8, 4) is 0 Å². The van der Waals surface area contributed by atoms with Crippen LogP contribution in [0, 0.1) is 5.41 Å². The van der Waals surface area contributed by atoms with E-state index >= 15 is 0 Å². The first-order valence-electron chi connectivity index (χ1n) is 7.04. The highest BCUT2D eigenvalue weighted by molar-refractivity contribution is 6.09. The largest absolute Gasteiger partial charge is 0.299 e. The molecule has 5 nitrogen and oxygen atoms in total. The van der Waals surface area contributed by atoms with Gasteiger partial charge in [0.1, 0.15) is 0 Å². The quantitative estimate of drug-likeness (QED) is 0.850. The van der Waals surface area contributed by atoms with Crippen LogP contribution in [0.5, 0.6) is 0 Å². The molecule has 108 valence electrons. The summed E-state index contributed by atoms with van der Waals surface area (Å²) in [6, 6.07) is 10.0. The van der Waals surface area contributed by atoms with E-state index in [0.717, 1.165) is 17.0 Å². The molecule has 2 heterocycles. The summed E-state index contributed by atoms with van der Waals surface area (Å²) in [4.78, 5) is 16.3. The average Bonchev–Trinajstić information content (AvgIpc) is 2.83. The van der Waals surface area contributed by atoms with Crippen LogP contribution in [0.25, 0.3) is 0 Å². The van der Waals surface area contributed by atoms with Crippen LogP contribution >= 0.6 is 0 Å². The number of hydrogen-bond acceptors (Lipinski definition) is 3. The molecular weight excluding hydrogens is 264 g/mol. The zero-order valence-corrected chi connectivity index (χ0v) is 12.5. The first kappa shape index (κ1) is 13.7. The summed E-state index contributed by atoms with van der Waals surface area (Å²) in [5, 5.41) is 8.14. The van der Waals surface area contributed by atoms with Gasteiger partial charge in [0.25, 0.3) is 5.91 Å². The number of aliphatic imine (C=N–C) groups is 1. The number of carbonyl (C=O) groups is 1. The third-order valence-electron chi connectivity index (χ3n) is 3.65. The van der Waals surface area contributed by atoms with Gasteiger partial charge in [-0.25, -0.2) is 9.67 Å². The smallest absolute Gasteiger partial charge is 0.265 e. The Morgan fingerprint density at radius 2 is 1.90 bits per heavy atom. The molecule has 0 atom stereocenters. The molecule has 1 aliphatic heterocycles. The van der Waals surface area contributed by atoms with Gasteiger partial charge in [0, 0.05) is 17.5 Å². The lowest BCUT2D eigenvalue weighted by Gasteiger charge is -2.24. The molecule has 1 aliphatic rings. The van der Waals surface area contributed by atoms with E-state index in [-0.39, 0.29) is 11.3 Å². The van der Waals surface area contributed by atoms with Gasteiger partial charge in [-0.05, 0) is 5.56 Å². The first-order valence-corrected chi connectivity index (χ1v) is 7.04. The minimum absolute atomic E-state index is 0.130. The van der Waals surface area contributed by atoms with E-state index in [0.29, 0.717) is 18.7 Å². The van der Waals surface area contributed by atoms with Crippen LogP contribution in [0.15, 0.2) is 35.3 Å². The minimum atomic E-state index is -0.277. The normalized spacial score (nSPS) is 14.8. The number of hydrogen-bond donors (Lipinski definition) is 0. The first-order chi connectivity index (χ1) is 9.95. The lowest BCUT2D eigenvalue weighted by molar-refractivity contribution is 0.0993. The Balaban J connectivity index is 1.94. The predicted octanol–water partition coefficient (Wildman–Crippen LogP) is 2.51. The molecule has 3 rings (SSSR count). The SMILES string of the molecule is CC(C)(C)C1=NC(=O)c2nnn(Cc3ccccc3)c2C1. The second-order valence-corrected chi connectivity index (χ2v) is 6.32. The maximum atomic E-state index is 12.1. The summed E-state index contributed by atoms with van der Waals surface area (Å²) in [6.45, 7) is 6.81. The van der Waals surface area contributed by atoms with Crippen molar-refractivity contribution in [3.05, 3.63) is 47.3 Å². The Labute approximate surface area is 123 Å². The molecule has 0 aliphatic carbocycles. The summed E-state index contributed by atoms with van der Waals surface area (Å²) in [7, 11) is 0. The Hall–Kier alpha value is -2.30. The molecule has 0 bridgehead atoms. The molecule has 0 N–H and O–H groups in total. The Kier molecular flexibility index (Phi) is 3.20. The number of carbonyl (C=O) groups excluding carboxylic acids is 1. The van der Waals surface area contributed by atoms with Crippen LogP contribution in [0.4, 0.5) is 0 Å². The van der Waals surface area contributed by atoms with E-state index in [2.05, 4.69) is 36.1 Å². The molecule has 21 heavy (non-hydrogen) atoms. The van der Waals surface area contributed by atoms with Crippen molar-refractivity contribution in [1.82, 2.24) is 15.0 Å². The number of amides is 1. The highest BCUT2D eigenvalue weighted by atomic mass is 16.1. The van der Waals surface area contributed by atoms with Crippen LogP contribution < -0.4 is 0 Å². The fourth-order valence-electron chi connectivity index (χ4n) is 2.36. The van der Waals surface area contributed by atoms with E-state index in [4.69, 9.17) is 0 Å². The molecular formula is C16H18N4O. The van der Waals surface area contributed by atoms with Crippen molar-refractivity contribution < 1.29 is 4.79 Å². The van der Waals surface area contributed by atoms with E-state index in [1.807, 2.05) is 35.0 Å². The fraction of sp³-hybridized carbons (Fsp3) is 0.375. The monoisotopic (exact) mass is 282 g/mol. The van der Waals surface area contributed by atoms with Gasteiger partial charge in [0.15, 0.2) is 5.69 Å². The minimum Gasteiger partial charge on any atom is -0.265 e. The van der Waals surface area contributed by atoms with Crippen LogP contribution in [0.3, 0.4) is 0 Å². The van der Waals surface area contributed by atoms with Gasteiger partial charge in [-0.15, -0.1) is 5.10 Å². The van der Waals surface area contributed by atoms with E-state index in [1.54, 1.807) is 0 Å². The van der Waals surface area contributed by atoms with Gasteiger partial charge in [-0.1, -0.05) is 56.3 Å². The molecule has 0 unspecified atom stereocenters. The number of fused-ring (bicyclic) bond motifs is 1. The summed E-state index contributed by atoms with van der Waals surface area (Å²) < 4.78 is 1.81. The third kappa shape index (κ3) is 2.63. The van der Waals surface area contributed by atoms with E-state index < -0.39 is 0 Å². The Morgan fingerprint density at radius 1 is 1.19 bits per heavy atom. The average molecular weight is 282 g/mol. The van der Waals surface area contributed by atoms with Gasteiger partial charge >= 0.3 is 0 Å². The third-order valence-corrected chi connectivity index (χ3v) is 3.65.